The summed E-state index contributed by atoms with van der Waals surface area (Å²) < 4.78 is 12.4. The number of hydrogen-bond acceptors (Lipinski definition) is 4. The Morgan fingerprint density at radius 3 is 2.23 bits per heavy atom. The van der Waals surface area contributed by atoms with Crippen LogP contribution in [0.1, 0.15) is 47.1 Å². The normalized spacial score (nSPS) is 24.3. The second kappa shape index (κ2) is 5.70. The number of nitrogens with one attached hydrogen (secondary N) is 1. The summed E-state index contributed by atoms with van der Waals surface area (Å²) in [5, 5.41) is 12.4. The van der Waals surface area contributed by atoms with Gasteiger partial charge in [-0.2, -0.15) is 5.26 Å². The van der Waals surface area contributed by atoms with Gasteiger partial charge in [0.1, 0.15) is 0 Å². The molecule has 1 saturated heterocycles. The van der Waals surface area contributed by atoms with Crippen LogP contribution in [-0.2, 0) is 9.31 Å². The van der Waals surface area contributed by atoms with Crippen LogP contribution >= 0.6 is 0 Å². The molecule has 1 atom stereocenters. The van der Waals surface area contributed by atoms with Gasteiger partial charge in [0.05, 0.1) is 22.8 Å². The molecule has 1 aromatic rings. The first-order chi connectivity index (χ1) is 10.1. The molecule has 0 spiro atoms. The lowest BCUT2D eigenvalue weighted by atomic mass is 9.79. The first-order valence-electron chi connectivity index (χ1n) is 7.67. The minimum absolute atomic E-state index is 0.0228. The molecule has 1 aromatic carbocycles. The lowest BCUT2D eigenvalue weighted by molar-refractivity contribution is -0.0119. The van der Waals surface area contributed by atoms with Crippen molar-refractivity contribution in [3.8, 4) is 6.07 Å². The van der Waals surface area contributed by atoms with E-state index in [9.17, 15) is 0 Å². The third-order valence-electron chi connectivity index (χ3n) is 4.31. The quantitative estimate of drug-likeness (QED) is 0.870. The van der Waals surface area contributed by atoms with E-state index in [1.165, 1.54) is 0 Å². The molecule has 0 aliphatic carbocycles. The molecule has 1 fully saturated rings. The maximum Gasteiger partial charge on any atom is 0.494 e. The van der Waals surface area contributed by atoms with E-state index in [0.29, 0.717) is 12.1 Å². The van der Waals surface area contributed by atoms with Crippen LogP contribution in [0.5, 0.6) is 0 Å². The van der Waals surface area contributed by atoms with Crippen molar-refractivity contribution in [1.82, 2.24) is 5.32 Å². The average Bonchev–Trinajstić information content (AvgIpc) is 2.67. The Balaban J connectivity index is 2.16. The Labute approximate surface area is 134 Å². The Morgan fingerprint density at radius 1 is 1.14 bits per heavy atom. The Hall–Kier alpha value is -1.35. The third kappa shape index (κ3) is 3.52. The van der Waals surface area contributed by atoms with Crippen LogP contribution in [0, 0.1) is 11.3 Å². The van der Waals surface area contributed by atoms with Crippen LogP contribution in [0.25, 0.3) is 0 Å². The summed E-state index contributed by atoms with van der Waals surface area (Å²) in [5.41, 5.74) is 0.752. The highest BCUT2D eigenvalue weighted by molar-refractivity contribution is 6.62. The van der Waals surface area contributed by atoms with Crippen molar-refractivity contribution >= 4 is 12.6 Å². The monoisotopic (exact) mass is 300 g/mol. The van der Waals surface area contributed by atoms with E-state index in [-0.39, 0.29) is 5.54 Å². The van der Waals surface area contributed by atoms with Gasteiger partial charge < -0.3 is 14.6 Å². The molecular formula is C17H25BN2O2. The number of nitrogens with zero attached hydrogens (tertiary/aromatic N) is 1. The smallest absolute Gasteiger partial charge is 0.399 e. The first-order valence-corrected chi connectivity index (χ1v) is 7.67. The van der Waals surface area contributed by atoms with Gasteiger partial charge in [-0.3, -0.25) is 0 Å². The highest BCUT2D eigenvalue weighted by atomic mass is 16.7. The van der Waals surface area contributed by atoms with Gasteiger partial charge in [0.15, 0.2) is 0 Å². The van der Waals surface area contributed by atoms with Crippen molar-refractivity contribution in [2.24, 2.45) is 0 Å². The predicted molar refractivity (Wildman–Crippen MR) is 89.0 cm³/mol. The molecule has 4 nitrogen and oxygen atoms in total. The van der Waals surface area contributed by atoms with Crippen LogP contribution in [0.2, 0.25) is 0 Å². The van der Waals surface area contributed by atoms with E-state index in [0.717, 1.165) is 5.46 Å². The van der Waals surface area contributed by atoms with E-state index in [2.05, 4.69) is 52.9 Å². The minimum Gasteiger partial charge on any atom is -0.399 e. The largest absolute Gasteiger partial charge is 0.494 e. The summed E-state index contributed by atoms with van der Waals surface area (Å²) in [7, 11) is -0.408. The molecular weight excluding hydrogens is 275 g/mol. The van der Waals surface area contributed by atoms with Crippen molar-refractivity contribution in [3.05, 3.63) is 29.8 Å². The summed E-state index contributed by atoms with van der Waals surface area (Å²) in [5.74, 6) is 0. The highest BCUT2D eigenvalue weighted by Gasteiger charge is 2.54. The zero-order valence-corrected chi connectivity index (χ0v) is 14.4. The Morgan fingerprint density at radius 2 is 1.73 bits per heavy atom. The van der Waals surface area contributed by atoms with Gasteiger partial charge in [0.25, 0.3) is 0 Å². The van der Waals surface area contributed by atoms with Gasteiger partial charge in [-0.15, -0.1) is 0 Å². The molecule has 5 heteroatoms. The fourth-order valence-electron chi connectivity index (χ4n) is 2.33. The molecule has 1 aliphatic heterocycles. The van der Waals surface area contributed by atoms with Crippen LogP contribution in [0.4, 0.5) is 0 Å². The molecule has 1 unspecified atom stereocenters. The number of hydrogen-bond donors (Lipinski definition) is 1. The first kappa shape index (κ1) is 17.0. The van der Waals surface area contributed by atoms with E-state index in [4.69, 9.17) is 14.6 Å². The minimum atomic E-state index is -0.432. The molecule has 0 radical (unpaired) electrons. The third-order valence-corrected chi connectivity index (χ3v) is 4.31. The lowest BCUT2D eigenvalue weighted by Gasteiger charge is -2.38. The number of nitriles is 1. The highest BCUT2D eigenvalue weighted by Crippen LogP contribution is 2.37. The summed E-state index contributed by atoms with van der Waals surface area (Å²) >= 11 is 0. The topological polar surface area (TPSA) is 54.3 Å². The second-order valence-corrected chi connectivity index (χ2v) is 7.65. The molecule has 118 valence electrons. The average molecular weight is 300 g/mol. The maximum absolute atomic E-state index is 8.89. The van der Waals surface area contributed by atoms with Gasteiger partial charge >= 0.3 is 7.12 Å². The van der Waals surface area contributed by atoms with Gasteiger partial charge in [-0.25, -0.2) is 0 Å². The number of rotatable bonds is 3. The predicted octanol–water partition coefficient (Wildman–Crippen LogP) is 2.23. The number of benzene rings is 1. The SMILES string of the molecule is CC(C)(C)NCC1(C)OB(c2ccc(C#N)cc2)OC1(C)C. The summed E-state index contributed by atoms with van der Waals surface area (Å²) in [6.07, 6.45) is 0. The van der Waals surface area contributed by atoms with Crippen molar-refractivity contribution in [1.29, 1.82) is 5.26 Å². The van der Waals surface area contributed by atoms with Gasteiger partial charge in [-0.05, 0) is 59.1 Å². The van der Waals surface area contributed by atoms with E-state index >= 15 is 0 Å². The standard InChI is InChI=1S/C17H25BN2O2/c1-15(2,3)20-12-17(6)16(4,5)21-18(22-17)14-9-7-13(11-19)8-10-14/h7-10,20H,12H2,1-6H3. The molecule has 0 aromatic heterocycles. The van der Waals surface area contributed by atoms with Crippen LogP contribution < -0.4 is 10.8 Å². The fraction of sp³-hybridized carbons (Fsp3) is 0.588. The molecule has 0 saturated carbocycles. The van der Waals surface area contributed by atoms with Crippen LogP contribution in [0.15, 0.2) is 24.3 Å². The Kier molecular flexibility index (Phi) is 4.41. The van der Waals surface area contributed by atoms with Crippen molar-refractivity contribution in [2.75, 3.05) is 6.54 Å². The van der Waals surface area contributed by atoms with E-state index < -0.39 is 18.3 Å². The molecule has 22 heavy (non-hydrogen) atoms. The fourth-order valence-corrected chi connectivity index (χ4v) is 2.33. The maximum atomic E-state index is 8.89. The summed E-state index contributed by atoms with van der Waals surface area (Å²) in [6.45, 7) is 13.3. The zero-order valence-electron chi connectivity index (χ0n) is 14.4. The van der Waals surface area contributed by atoms with Crippen LogP contribution in [0.3, 0.4) is 0 Å². The molecule has 2 rings (SSSR count). The van der Waals surface area contributed by atoms with Crippen molar-refractivity contribution in [2.45, 2.75) is 58.3 Å². The lowest BCUT2D eigenvalue weighted by Crippen LogP contribution is -2.55. The summed E-state index contributed by atoms with van der Waals surface area (Å²) in [4.78, 5) is 0. The molecule has 1 aliphatic rings. The molecule has 0 amide bonds. The zero-order chi connectivity index (χ0) is 16.6. The molecule has 1 N–H and O–H groups in total. The van der Waals surface area contributed by atoms with E-state index in [1.54, 1.807) is 12.1 Å². The van der Waals surface area contributed by atoms with Crippen LogP contribution in [-0.4, -0.2) is 30.4 Å². The van der Waals surface area contributed by atoms with Gasteiger partial charge in [-0.1, -0.05) is 12.1 Å². The summed E-state index contributed by atoms with van der Waals surface area (Å²) in [6, 6.07) is 9.48. The van der Waals surface area contributed by atoms with E-state index in [1.807, 2.05) is 12.1 Å². The molecule has 0 bridgehead atoms. The molecule has 1 heterocycles. The van der Waals surface area contributed by atoms with Gasteiger partial charge in [0, 0.05) is 12.1 Å². The van der Waals surface area contributed by atoms with Crippen molar-refractivity contribution in [3.63, 3.8) is 0 Å². The second-order valence-electron chi connectivity index (χ2n) is 7.65. The van der Waals surface area contributed by atoms with Gasteiger partial charge in [0.2, 0.25) is 0 Å². The van der Waals surface area contributed by atoms with Crippen molar-refractivity contribution < 1.29 is 9.31 Å². The Bertz CT molecular complexity index is 572.